The molecule has 0 bridgehead atoms. The van der Waals surface area contributed by atoms with Gasteiger partial charge in [0.2, 0.25) is 0 Å². The van der Waals surface area contributed by atoms with Crippen LogP contribution in [0.2, 0.25) is 0 Å². The van der Waals surface area contributed by atoms with Crippen LogP contribution in [0.1, 0.15) is 64.9 Å². The number of hydrogen-bond acceptors (Lipinski definition) is 4. The first-order chi connectivity index (χ1) is 23.0. The third-order valence-corrected chi connectivity index (χ3v) is 9.52. The van der Waals surface area contributed by atoms with Crippen LogP contribution in [0, 0.1) is 0 Å². The molecule has 2 aliphatic rings. The van der Waals surface area contributed by atoms with Crippen LogP contribution in [0.15, 0.2) is 140 Å². The van der Waals surface area contributed by atoms with Gasteiger partial charge in [0.05, 0.1) is 0 Å². The topological polar surface area (TPSA) is 55.7 Å². The van der Waals surface area contributed by atoms with Gasteiger partial charge in [-0.2, -0.15) is 0 Å². The van der Waals surface area contributed by atoms with E-state index in [1.54, 1.807) is 0 Å². The van der Waals surface area contributed by atoms with E-state index in [9.17, 15) is 4.79 Å². The number of fused-ring (bicyclic) bond motifs is 2. The Morgan fingerprint density at radius 3 is 1.62 bits per heavy atom. The molecule has 0 N–H and O–H groups in total. The Bertz CT molecular complexity index is 2170. The Kier molecular flexibility index (Phi) is 7.06. The van der Waals surface area contributed by atoms with E-state index in [4.69, 9.17) is 15.0 Å². The van der Waals surface area contributed by atoms with Gasteiger partial charge in [0.25, 0.3) is 0 Å². The van der Waals surface area contributed by atoms with Crippen molar-refractivity contribution in [3.63, 3.8) is 0 Å². The Hall–Kier alpha value is -5.74. The SMILES string of the molecule is CC1(C)c2ccccc2C(=O)c2cc(C3=CC=C(c4ccccc4-c4nc(-c5ccccc5)nc(-c5ccccc5)n4)CC3)ccc21. The van der Waals surface area contributed by atoms with Gasteiger partial charge >= 0.3 is 0 Å². The predicted molar refractivity (Wildman–Crippen MR) is 190 cm³/mol. The molecule has 0 spiro atoms. The lowest BCUT2D eigenvalue weighted by Gasteiger charge is -2.34. The highest BCUT2D eigenvalue weighted by atomic mass is 16.1. The Labute approximate surface area is 275 Å². The number of rotatable bonds is 5. The number of benzene rings is 5. The second-order valence-corrected chi connectivity index (χ2v) is 12.7. The lowest BCUT2D eigenvalue weighted by molar-refractivity contribution is 0.103. The van der Waals surface area contributed by atoms with E-state index in [2.05, 4.69) is 68.5 Å². The molecule has 2 aliphatic carbocycles. The van der Waals surface area contributed by atoms with Gasteiger partial charge in [-0.05, 0) is 52.3 Å². The van der Waals surface area contributed by atoms with Crippen molar-refractivity contribution in [3.8, 4) is 34.2 Å². The van der Waals surface area contributed by atoms with Crippen molar-refractivity contribution in [3.05, 3.63) is 173 Å². The third kappa shape index (κ3) is 5.12. The number of nitrogens with zero attached hydrogens (tertiary/aromatic N) is 3. The van der Waals surface area contributed by atoms with Crippen LogP contribution in [-0.4, -0.2) is 20.7 Å². The Morgan fingerprint density at radius 1 is 0.468 bits per heavy atom. The molecule has 0 radical (unpaired) electrons. The fraction of sp³-hybridized carbons (Fsp3) is 0.116. The molecule has 4 nitrogen and oxygen atoms in total. The average Bonchev–Trinajstić information content (AvgIpc) is 3.14. The number of ketones is 1. The van der Waals surface area contributed by atoms with Gasteiger partial charge in [0.1, 0.15) is 0 Å². The third-order valence-electron chi connectivity index (χ3n) is 9.52. The van der Waals surface area contributed by atoms with E-state index in [0.717, 1.165) is 62.9 Å². The van der Waals surface area contributed by atoms with E-state index < -0.39 is 0 Å². The first-order valence-corrected chi connectivity index (χ1v) is 16.1. The summed E-state index contributed by atoms with van der Waals surface area (Å²) >= 11 is 0. The molecular weight excluding hydrogens is 574 g/mol. The van der Waals surface area contributed by atoms with Crippen molar-refractivity contribution in [2.45, 2.75) is 32.1 Å². The summed E-state index contributed by atoms with van der Waals surface area (Å²) in [5, 5.41) is 0. The van der Waals surface area contributed by atoms with Gasteiger partial charge in [-0.25, -0.2) is 15.0 Å². The molecule has 0 saturated heterocycles. The molecular formula is C43H33N3O. The van der Waals surface area contributed by atoms with Crippen molar-refractivity contribution in [2.24, 2.45) is 0 Å². The molecule has 4 heteroatoms. The summed E-state index contributed by atoms with van der Waals surface area (Å²) in [4.78, 5) is 28.5. The average molecular weight is 608 g/mol. The zero-order valence-electron chi connectivity index (χ0n) is 26.4. The van der Waals surface area contributed by atoms with Gasteiger partial charge < -0.3 is 0 Å². The van der Waals surface area contributed by atoms with Crippen LogP contribution in [-0.2, 0) is 5.41 Å². The van der Waals surface area contributed by atoms with Crippen molar-refractivity contribution in [1.29, 1.82) is 0 Å². The monoisotopic (exact) mass is 607 g/mol. The highest BCUT2D eigenvalue weighted by Crippen LogP contribution is 2.43. The van der Waals surface area contributed by atoms with Crippen LogP contribution in [0.5, 0.6) is 0 Å². The lowest BCUT2D eigenvalue weighted by Crippen LogP contribution is -2.30. The molecule has 0 aliphatic heterocycles. The molecule has 47 heavy (non-hydrogen) atoms. The summed E-state index contributed by atoms with van der Waals surface area (Å²) in [6, 6.07) is 43.0. The number of allylic oxidation sites excluding steroid dienone is 4. The van der Waals surface area contributed by atoms with Crippen LogP contribution in [0.3, 0.4) is 0 Å². The molecule has 0 amide bonds. The molecule has 1 heterocycles. The molecule has 1 aromatic heterocycles. The number of aromatic nitrogens is 3. The van der Waals surface area contributed by atoms with Crippen LogP contribution >= 0.6 is 0 Å². The highest BCUT2D eigenvalue weighted by molar-refractivity contribution is 6.13. The molecule has 0 unspecified atom stereocenters. The molecule has 0 atom stereocenters. The van der Waals surface area contributed by atoms with Crippen molar-refractivity contribution >= 4 is 16.9 Å². The number of carbonyl (C=O) groups excluding carboxylic acids is 1. The first-order valence-electron chi connectivity index (χ1n) is 16.1. The summed E-state index contributed by atoms with van der Waals surface area (Å²) in [5.41, 5.74) is 11.1. The summed E-state index contributed by atoms with van der Waals surface area (Å²) in [5.74, 6) is 2.06. The molecule has 6 aromatic rings. The quantitative estimate of drug-likeness (QED) is 0.196. The van der Waals surface area contributed by atoms with Gasteiger partial charge in [-0.15, -0.1) is 0 Å². The van der Waals surface area contributed by atoms with Gasteiger partial charge in [0.15, 0.2) is 23.3 Å². The second-order valence-electron chi connectivity index (χ2n) is 12.7. The minimum absolute atomic E-state index is 0.112. The van der Waals surface area contributed by atoms with Crippen LogP contribution < -0.4 is 0 Å². The maximum Gasteiger partial charge on any atom is 0.193 e. The first kappa shape index (κ1) is 28.7. The zero-order valence-corrected chi connectivity index (χ0v) is 26.4. The predicted octanol–water partition coefficient (Wildman–Crippen LogP) is 10.0. The smallest absolute Gasteiger partial charge is 0.193 e. The van der Waals surface area contributed by atoms with Crippen molar-refractivity contribution in [1.82, 2.24) is 15.0 Å². The summed E-state index contributed by atoms with van der Waals surface area (Å²) in [6.45, 7) is 4.42. The van der Waals surface area contributed by atoms with E-state index in [1.807, 2.05) is 84.9 Å². The summed E-state index contributed by atoms with van der Waals surface area (Å²) in [7, 11) is 0. The molecule has 0 fully saturated rings. The number of hydrogen-bond donors (Lipinski definition) is 0. The van der Waals surface area contributed by atoms with Crippen molar-refractivity contribution < 1.29 is 4.79 Å². The van der Waals surface area contributed by atoms with E-state index in [1.165, 1.54) is 11.1 Å². The maximum atomic E-state index is 13.6. The largest absolute Gasteiger partial charge is 0.289 e. The minimum atomic E-state index is -0.230. The second kappa shape index (κ2) is 11.6. The molecule has 5 aromatic carbocycles. The van der Waals surface area contributed by atoms with E-state index in [0.29, 0.717) is 17.5 Å². The number of carbonyl (C=O) groups is 1. The van der Waals surface area contributed by atoms with E-state index >= 15 is 0 Å². The summed E-state index contributed by atoms with van der Waals surface area (Å²) < 4.78 is 0. The molecule has 226 valence electrons. The van der Waals surface area contributed by atoms with Gasteiger partial charge in [-0.3, -0.25) is 4.79 Å². The normalized spacial score (nSPS) is 14.9. The van der Waals surface area contributed by atoms with Gasteiger partial charge in [0, 0.05) is 33.2 Å². The minimum Gasteiger partial charge on any atom is -0.289 e. The molecule has 0 saturated carbocycles. The van der Waals surface area contributed by atoms with E-state index in [-0.39, 0.29) is 11.2 Å². The standard InChI is InChI=1S/C43H33N3O/c1-43(2)37-20-12-11-19-35(37)39(47)36-27-32(25-26-38(36)43)28-21-23-29(24-22-28)33-17-9-10-18-34(33)42-45-40(30-13-5-3-6-14-30)44-41(46-42)31-15-7-4-8-16-31/h3-21,23,25-27H,22,24H2,1-2H3. The highest BCUT2D eigenvalue weighted by Gasteiger charge is 2.36. The van der Waals surface area contributed by atoms with Crippen molar-refractivity contribution in [2.75, 3.05) is 0 Å². The van der Waals surface area contributed by atoms with Crippen LogP contribution in [0.4, 0.5) is 0 Å². The molecule has 8 rings (SSSR count). The Morgan fingerprint density at radius 2 is 0.979 bits per heavy atom. The fourth-order valence-corrected chi connectivity index (χ4v) is 6.98. The summed E-state index contributed by atoms with van der Waals surface area (Å²) in [6.07, 6.45) is 6.16. The fourth-order valence-electron chi connectivity index (χ4n) is 6.98. The van der Waals surface area contributed by atoms with Gasteiger partial charge in [-0.1, -0.05) is 147 Å². The zero-order chi connectivity index (χ0) is 32.0. The Balaban J connectivity index is 1.17. The maximum absolute atomic E-state index is 13.6. The van der Waals surface area contributed by atoms with Crippen LogP contribution in [0.25, 0.3) is 45.3 Å². The lowest BCUT2D eigenvalue weighted by atomic mass is 9.68.